The normalized spacial score (nSPS) is 20.6. The molecule has 0 aliphatic heterocycles. The van der Waals surface area contributed by atoms with Crippen molar-refractivity contribution in [2.24, 2.45) is 11.7 Å². The molecule has 96 valence electrons. The zero-order valence-corrected chi connectivity index (χ0v) is 10.6. The topological polar surface area (TPSA) is 48.4 Å². The molecule has 17 heavy (non-hydrogen) atoms. The molecule has 3 heteroatoms. The van der Waals surface area contributed by atoms with E-state index in [0.717, 1.165) is 24.7 Å². The molecule has 1 heterocycles. The van der Waals surface area contributed by atoms with Crippen LogP contribution in [0.15, 0.2) is 22.8 Å². The van der Waals surface area contributed by atoms with E-state index in [1.807, 2.05) is 12.1 Å². The third kappa shape index (κ3) is 3.33. The molecule has 1 aliphatic carbocycles. The third-order valence-corrected chi connectivity index (χ3v) is 3.67. The molecule has 2 atom stereocenters. The van der Waals surface area contributed by atoms with Gasteiger partial charge in [-0.2, -0.15) is 0 Å². The highest BCUT2D eigenvalue weighted by Crippen LogP contribution is 2.28. The van der Waals surface area contributed by atoms with Crippen LogP contribution in [-0.4, -0.2) is 12.6 Å². The first kappa shape index (κ1) is 12.7. The SMILES string of the molecule is CCC(N)C(OCC1CCCC1)c1ccco1. The van der Waals surface area contributed by atoms with Crippen LogP contribution < -0.4 is 5.73 Å². The summed E-state index contributed by atoms with van der Waals surface area (Å²) < 4.78 is 11.4. The van der Waals surface area contributed by atoms with E-state index in [1.165, 1.54) is 25.7 Å². The van der Waals surface area contributed by atoms with Gasteiger partial charge in [-0.1, -0.05) is 19.8 Å². The fraction of sp³-hybridized carbons (Fsp3) is 0.714. The van der Waals surface area contributed by atoms with Crippen molar-refractivity contribution in [3.8, 4) is 0 Å². The van der Waals surface area contributed by atoms with Gasteiger partial charge in [0, 0.05) is 6.04 Å². The molecule has 1 fully saturated rings. The predicted octanol–water partition coefficient (Wildman–Crippen LogP) is 3.26. The van der Waals surface area contributed by atoms with Gasteiger partial charge in [-0.25, -0.2) is 0 Å². The average Bonchev–Trinajstić information content (AvgIpc) is 3.01. The van der Waals surface area contributed by atoms with Gasteiger partial charge < -0.3 is 14.9 Å². The molecule has 2 unspecified atom stereocenters. The van der Waals surface area contributed by atoms with E-state index in [2.05, 4.69) is 6.92 Å². The second-order valence-corrected chi connectivity index (χ2v) is 4.99. The van der Waals surface area contributed by atoms with Crippen molar-refractivity contribution in [1.82, 2.24) is 0 Å². The summed E-state index contributed by atoms with van der Waals surface area (Å²) in [5.41, 5.74) is 6.11. The van der Waals surface area contributed by atoms with Gasteiger partial charge in [-0.3, -0.25) is 0 Å². The summed E-state index contributed by atoms with van der Waals surface area (Å²) in [7, 11) is 0. The Hall–Kier alpha value is -0.800. The van der Waals surface area contributed by atoms with Gasteiger partial charge in [0.05, 0.1) is 12.9 Å². The highest BCUT2D eigenvalue weighted by atomic mass is 16.5. The zero-order valence-electron chi connectivity index (χ0n) is 10.6. The van der Waals surface area contributed by atoms with E-state index in [1.54, 1.807) is 6.26 Å². The van der Waals surface area contributed by atoms with Crippen LogP contribution in [0.4, 0.5) is 0 Å². The van der Waals surface area contributed by atoms with Gasteiger partial charge in [0.2, 0.25) is 0 Å². The van der Waals surface area contributed by atoms with E-state index in [0.29, 0.717) is 0 Å². The van der Waals surface area contributed by atoms with E-state index < -0.39 is 0 Å². The van der Waals surface area contributed by atoms with Crippen molar-refractivity contribution >= 4 is 0 Å². The molecule has 1 aromatic rings. The number of nitrogens with two attached hydrogens (primary N) is 1. The highest BCUT2D eigenvalue weighted by Gasteiger charge is 2.24. The molecule has 1 saturated carbocycles. The smallest absolute Gasteiger partial charge is 0.134 e. The largest absolute Gasteiger partial charge is 0.467 e. The summed E-state index contributed by atoms with van der Waals surface area (Å²) in [4.78, 5) is 0. The first-order valence-electron chi connectivity index (χ1n) is 6.71. The van der Waals surface area contributed by atoms with Crippen LogP contribution in [0.1, 0.15) is 50.9 Å². The maximum atomic E-state index is 6.11. The van der Waals surface area contributed by atoms with Crippen molar-refractivity contribution < 1.29 is 9.15 Å². The molecular weight excluding hydrogens is 214 g/mol. The Balaban J connectivity index is 1.91. The molecule has 1 aliphatic rings. The second-order valence-electron chi connectivity index (χ2n) is 4.99. The summed E-state index contributed by atoms with van der Waals surface area (Å²) >= 11 is 0. The van der Waals surface area contributed by atoms with Gasteiger partial charge in [-0.05, 0) is 37.3 Å². The van der Waals surface area contributed by atoms with Crippen LogP contribution in [-0.2, 0) is 4.74 Å². The minimum absolute atomic E-state index is 0.0163. The summed E-state index contributed by atoms with van der Waals surface area (Å²) in [5, 5.41) is 0. The Morgan fingerprint density at radius 3 is 2.82 bits per heavy atom. The lowest BCUT2D eigenvalue weighted by Gasteiger charge is -2.23. The Morgan fingerprint density at radius 2 is 2.24 bits per heavy atom. The molecule has 2 rings (SSSR count). The number of ether oxygens (including phenoxy) is 1. The number of hydrogen-bond acceptors (Lipinski definition) is 3. The first-order chi connectivity index (χ1) is 8.31. The van der Waals surface area contributed by atoms with Crippen molar-refractivity contribution in [2.45, 2.75) is 51.2 Å². The molecule has 2 N–H and O–H groups in total. The minimum atomic E-state index is -0.0874. The summed E-state index contributed by atoms with van der Waals surface area (Å²) in [5.74, 6) is 1.58. The van der Waals surface area contributed by atoms with Crippen LogP contribution in [0, 0.1) is 5.92 Å². The zero-order chi connectivity index (χ0) is 12.1. The Bertz CT molecular complexity index is 304. The van der Waals surface area contributed by atoms with Crippen LogP contribution in [0.2, 0.25) is 0 Å². The van der Waals surface area contributed by atoms with Crippen molar-refractivity contribution in [3.63, 3.8) is 0 Å². The highest BCUT2D eigenvalue weighted by molar-refractivity contribution is 5.05. The van der Waals surface area contributed by atoms with Gasteiger partial charge in [-0.15, -0.1) is 0 Å². The Morgan fingerprint density at radius 1 is 1.47 bits per heavy atom. The van der Waals surface area contributed by atoms with Gasteiger partial charge >= 0.3 is 0 Å². The van der Waals surface area contributed by atoms with Crippen LogP contribution >= 0.6 is 0 Å². The fourth-order valence-corrected chi connectivity index (χ4v) is 2.50. The molecule has 1 aromatic heterocycles. The van der Waals surface area contributed by atoms with Crippen LogP contribution in [0.25, 0.3) is 0 Å². The predicted molar refractivity (Wildman–Crippen MR) is 67.6 cm³/mol. The lowest BCUT2D eigenvalue weighted by atomic mass is 10.1. The van der Waals surface area contributed by atoms with E-state index >= 15 is 0 Å². The molecule has 0 saturated heterocycles. The lowest BCUT2D eigenvalue weighted by molar-refractivity contribution is 0.000184. The van der Waals surface area contributed by atoms with Gasteiger partial charge in [0.15, 0.2) is 0 Å². The average molecular weight is 237 g/mol. The molecule has 0 bridgehead atoms. The maximum absolute atomic E-state index is 6.11. The summed E-state index contributed by atoms with van der Waals surface area (Å²) in [6.45, 7) is 2.90. The Kier molecular flexibility index (Phi) is 4.63. The summed E-state index contributed by atoms with van der Waals surface area (Å²) in [6, 6.07) is 3.86. The quantitative estimate of drug-likeness (QED) is 0.826. The standard InChI is InChI=1S/C14H23NO2/c1-2-12(15)14(13-8-5-9-16-13)17-10-11-6-3-4-7-11/h5,8-9,11-12,14H,2-4,6-7,10,15H2,1H3. The molecule has 0 aromatic carbocycles. The third-order valence-electron chi connectivity index (χ3n) is 3.67. The molecule has 0 spiro atoms. The first-order valence-corrected chi connectivity index (χ1v) is 6.71. The number of furan rings is 1. The number of hydrogen-bond donors (Lipinski definition) is 1. The van der Waals surface area contributed by atoms with Crippen molar-refractivity contribution in [3.05, 3.63) is 24.2 Å². The fourth-order valence-electron chi connectivity index (χ4n) is 2.50. The molecular formula is C14H23NO2. The van der Waals surface area contributed by atoms with Gasteiger partial charge in [0.1, 0.15) is 11.9 Å². The van der Waals surface area contributed by atoms with Crippen LogP contribution in [0.5, 0.6) is 0 Å². The van der Waals surface area contributed by atoms with Crippen molar-refractivity contribution in [1.29, 1.82) is 0 Å². The van der Waals surface area contributed by atoms with Crippen molar-refractivity contribution in [2.75, 3.05) is 6.61 Å². The molecule has 0 radical (unpaired) electrons. The maximum Gasteiger partial charge on any atom is 0.134 e. The van der Waals surface area contributed by atoms with E-state index in [-0.39, 0.29) is 12.1 Å². The van der Waals surface area contributed by atoms with Gasteiger partial charge in [0.25, 0.3) is 0 Å². The second kappa shape index (κ2) is 6.22. The van der Waals surface area contributed by atoms with E-state index in [9.17, 15) is 0 Å². The summed E-state index contributed by atoms with van der Waals surface area (Å²) in [6.07, 6.45) is 7.78. The Labute approximate surface area is 103 Å². The monoisotopic (exact) mass is 237 g/mol. The minimum Gasteiger partial charge on any atom is -0.467 e. The lowest BCUT2D eigenvalue weighted by Crippen LogP contribution is -2.30. The molecule has 3 nitrogen and oxygen atoms in total. The molecule has 0 amide bonds. The van der Waals surface area contributed by atoms with E-state index in [4.69, 9.17) is 14.9 Å². The number of rotatable bonds is 6. The van der Waals surface area contributed by atoms with Crippen LogP contribution in [0.3, 0.4) is 0 Å².